The van der Waals surface area contributed by atoms with Gasteiger partial charge in [-0.15, -0.1) is 0 Å². The highest BCUT2D eigenvalue weighted by Crippen LogP contribution is 2.68. The summed E-state index contributed by atoms with van der Waals surface area (Å²) in [5.74, 6) is 2.80. The third-order valence-electron chi connectivity index (χ3n) is 8.44. The molecule has 0 aromatic heterocycles. The van der Waals surface area contributed by atoms with E-state index in [1.807, 2.05) is 6.08 Å². The number of rotatable bonds is 1. The maximum Gasteiger partial charge on any atom is 0.166 e. The summed E-state index contributed by atoms with van der Waals surface area (Å²) in [5.41, 5.74) is 2.86. The molecule has 0 spiro atoms. The fourth-order valence-corrected chi connectivity index (χ4v) is 7.09. The molecule has 5 rings (SSSR count). The van der Waals surface area contributed by atoms with Crippen LogP contribution in [0, 0.1) is 40.4 Å². The van der Waals surface area contributed by atoms with E-state index in [9.17, 15) is 9.59 Å². The van der Waals surface area contributed by atoms with E-state index in [1.165, 1.54) is 24.0 Å². The fourth-order valence-electron chi connectivity index (χ4n) is 7.09. The molecule has 2 saturated carbocycles. The molecule has 0 heterocycles. The zero-order valence-electron chi connectivity index (χ0n) is 14.8. The first-order valence-electron chi connectivity index (χ1n) is 9.54. The van der Waals surface area contributed by atoms with Crippen molar-refractivity contribution in [2.75, 3.05) is 0 Å². The Kier molecular flexibility index (Phi) is 2.72. The first-order chi connectivity index (χ1) is 11.4. The van der Waals surface area contributed by atoms with Crippen LogP contribution in [0.5, 0.6) is 0 Å². The Morgan fingerprint density at radius 1 is 1.17 bits per heavy atom. The number of carbonyl (C=O) groups is 2. The second-order valence-corrected chi connectivity index (χ2v) is 9.24. The maximum absolute atomic E-state index is 12.2. The molecular formula is C22H26O2. The third-order valence-corrected chi connectivity index (χ3v) is 8.44. The van der Waals surface area contributed by atoms with Gasteiger partial charge >= 0.3 is 0 Å². The van der Waals surface area contributed by atoms with Gasteiger partial charge in [0.1, 0.15) is 5.78 Å². The fraction of sp³-hybridized carbons (Fsp3) is 0.636. The molecule has 0 aromatic carbocycles. The van der Waals surface area contributed by atoms with Crippen LogP contribution in [0.15, 0.2) is 35.5 Å². The number of hydrogen-bond acceptors (Lipinski definition) is 2. The van der Waals surface area contributed by atoms with Crippen molar-refractivity contribution in [2.24, 2.45) is 40.4 Å². The molecule has 2 heteroatoms. The molecule has 24 heavy (non-hydrogen) atoms. The lowest BCUT2D eigenvalue weighted by molar-refractivity contribution is -0.126. The van der Waals surface area contributed by atoms with E-state index in [0.29, 0.717) is 23.5 Å². The summed E-state index contributed by atoms with van der Waals surface area (Å²) in [6, 6.07) is 0. The van der Waals surface area contributed by atoms with Gasteiger partial charge in [0, 0.05) is 11.3 Å². The van der Waals surface area contributed by atoms with Gasteiger partial charge in [0.05, 0.1) is 5.92 Å². The Morgan fingerprint density at radius 2 is 1.96 bits per heavy atom. The van der Waals surface area contributed by atoms with Crippen LogP contribution < -0.4 is 0 Å². The highest BCUT2D eigenvalue weighted by atomic mass is 16.1. The van der Waals surface area contributed by atoms with Crippen LogP contribution in [-0.2, 0) is 9.59 Å². The topological polar surface area (TPSA) is 34.1 Å². The molecule has 0 bridgehead atoms. The van der Waals surface area contributed by atoms with E-state index in [2.05, 4.69) is 32.1 Å². The van der Waals surface area contributed by atoms with Gasteiger partial charge in [-0.3, -0.25) is 9.59 Å². The predicted octanol–water partition coefficient (Wildman–Crippen LogP) is 4.28. The number of Topliss-reactive ketones (excluding diaryl/α,β-unsaturated/α-hetero) is 1. The first kappa shape index (κ1) is 14.9. The number of fused-ring (bicyclic) bond motifs is 7. The predicted molar refractivity (Wildman–Crippen MR) is 93.1 cm³/mol. The van der Waals surface area contributed by atoms with Gasteiger partial charge in [-0.05, 0) is 73.0 Å². The van der Waals surface area contributed by atoms with Gasteiger partial charge in [0.25, 0.3) is 0 Å². The number of hydrogen-bond donors (Lipinski definition) is 0. The second kappa shape index (κ2) is 4.39. The average molecular weight is 322 g/mol. The first-order valence-corrected chi connectivity index (χ1v) is 9.54. The standard InChI is InChI=1S/C22H26O2/c1-12(23)16-6-7-17-14-5-4-13-10-20(24)15-11-19(15)22(13,3)18(14)8-9-21(16,17)2/h4-5,10-11,14-18H,6-9H2,1-3H3/t14-,15?,16+,17-,18-,21+,22-/m0/s1. The van der Waals surface area contributed by atoms with Gasteiger partial charge in [-0.1, -0.05) is 32.1 Å². The summed E-state index contributed by atoms with van der Waals surface area (Å²) >= 11 is 0. The molecule has 0 saturated heterocycles. The van der Waals surface area contributed by atoms with Crippen molar-refractivity contribution in [3.8, 4) is 0 Å². The zero-order valence-corrected chi connectivity index (χ0v) is 14.8. The van der Waals surface area contributed by atoms with Crippen molar-refractivity contribution in [3.63, 3.8) is 0 Å². The Balaban J connectivity index is 1.57. The van der Waals surface area contributed by atoms with Crippen molar-refractivity contribution in [1.29, 1.82) is 0 Å². The van der Waals surface area contributed by atoms with Crippen molar-refractivity contribution < 1.29 is 9.59 Å². The summed E-state index contributed by atoms with van der Waals surface area (Å²) in [7, 11) is 0. The van der Waals surface area contributed by atoms with E-state index in [0.717, 1.165) is 12.8 Å². The van der Waals surface area contributed by atoms with Gasteiger partial charge in [0.2, 0.25) is 0 Å². The van der Waals surface area contributed by atoms with Gasteiger partial charge < -0.3 is 0 Å². The number of ketones is 2. The van der Waals surface area contributed by atoms with Crippen molar-refractivity contribution in [1.82, 2.24) is 0 Å². The highest BCUT2D eigenvalue weighted by molar-refractivity contribution is 6.02. The van der Waals surface area contributed by atoms with E-state index >= 15 is 0 Å². The smallest absolute Gasteiger partial charge is 0.166 e. The van der Waals surface area contributed by atoms with Crippen molar-refractivity contribution in [3.05, 3.63) is 35.5 Å². The molecule has 0 aliphatic heterocycles. The van der Waals surface area contributed by atoms with Crippen LogP contribution in [0.4, 0.5) is 0 Å². The Morgan fingerprint density at radius 3 is 2.71 bits per heavy atom. The lowest BCUT2D eigenvalue weighted by Crippen LogP contribution is -2.49. The highest BCUT2D eigenvalue weighted by Gasteiger charge is 2.62. The maximum atomic E-state index is 12.2. The summed E-state index contributed by atoms with van der Waals surface area (Å²) < 4.78 is 0. The summed E-state index contributed by atoms with van der Waals surface area (Å²) in [6.07, 6.45) is 13.3. The van der Waals surface area contributed by atoms with E-state index in [4.69, 9.17) is 0 Å². The minimum atomic E-state index is 0.0631. The molecule has 0 aromatic rings. The zero-order chi connectivity index (χ0) is 16.9. The lowest BCUT2D eigenvalue weighted by atomic mass is 9.48. The average Bonchev–Trinajstić information content (AvgIpc) is 3.26. The SMILES string of the molecule is CC(=O)[C@H]1CC[C@H]2[C@@H]3C=CC4=CC(=O)C5C=C5[C@]4(C)[C@H]3CC[C@]12C. The lowest BCUT2D eigenvalue weighted by Gasteiger charge is -2.55. The summed E-state index contributed by atoms with van der Waals surface area (Å²) in [5, 5.41) is 0. The normalized spacial score (nSPS) is 51.0. The molecular weight excluding hydrogens is 296 g/mol. The molecule has 0 radical (unpaired) electrons. The molecule has 5 aliphatic carbocycles. The molecule has 2 nitrogen and oxygen atoms in total. The monoisotopic (exact) mass is 322 g/mol. The molecule has 0 N–H and O–H groups in total. The Labute approximate surface area is 144 Å². The van der Waals surface area contributed by atoms with E-state index in [-0.39, 0.29) is 28.4 Å². The Hall–Kier alpha value is -1.44. The molecule has 1 unspecified atom stereocenters. The van der Waals surface area contributed by atoms with Gasteiger partial charge in [0.15, 0.2) is 5.78 Å². The molecule has 2 fully saturated rings. The molecule has 126 valence electrons. The molecule has 7 atom stereocenters. The third kappa shape index (κ3) is 1.58. The van der Waals surface area contributed by atoms with Crippen molar-refractivity contribution in [2.45, 2.75) is 46.5 Å². The summed E-state index contributed by atoms with van der Waals surface area (Å²) in [4.78, 5) is 24.3. The van der Waals surface area contributed by atoms with Crippen LogP contribution in [-0.4, -0.2) is 11.6 Å². The minimum Gasteiger partial charge on any atom is -0.300 e. The minimum absolute atomic E-state index is 0.0631. The van der Waals surface area contributed by atoms with Gasteiger partial charge in [-0.25, -0.2) is 0 Å². The number of allylic oxidation sites excluding steroid dienone is 6. The molecule has 5 aliphatic rings. The summed E-state index contributed by atoms with van der Waals surface area (Å²) in [6.45, 7) is 6.53. The van der Waals surface area contributed by atoms with Crippen LogP contribution in [0.1, 0.15) is 46.5 Å². The van der Waals surface area contributed by atoms with Crippen molar-refractivity contribution >= 4 is 11.6 Å². The van der Waals surface area contributed by atoms with Gasteiger partial charge in [-0.2, -0.15) is 0 Å². The van der Waals surface area contributed by atoms with Crippen LogP contribution in [0.25, 0.3) is 0 Å². The van der Waals surface area contributed by atoms with E-state index < -0.39 is 0 Å². The largest absolute Gasteiger partial charge is 0.300 e. The van der Waals surface area contributed by atoms with Crippen LogP contribution in [0.3, 0.4) is 0 Å². The Bertz CT molecular complexity index is 754. The van der Waals surface area contributed by atoms with Crippen LogP contribution in [0.2, 0.25) is 0 Å². The number of carbonyl (C=O) groups excluding carboxylic acids is 2. The second-order valence-electron chi connectivity index (χ2n) is 9.24. The molecule has 0 amide bonds. The van der Waals surface area contributed by atoms with E-state index in [1.54, 1.807) is 6.92 Å². The van der Waals surface area contributed by atoms with Crippen LogP contribution >= 0.6 is 0 Å². The quantitative estimate of drug-likeness (QED) is 0.675.